The Labute approximate surface area is 186 Å². The summed E-state index contributed by atoms with van der Waals surface area (Å²) in [5.41, 5.74) is 4.31. The molecule has 0 aliphatic heterocycles. The van der Waals surface area contributed by atoms with Gasteiger partial charge in [0, 0.05) is 23.2 Å². The number of ether oxygens (including phenoxy) is 1. The van der Waals surface area contributed by atoms with Gasteiger partial charge in [0.1, 0.15) is 0 Å². The number of aryl methyl sites for hydroxylation is 1. The van der Waals surface area contributed by atoms with Crippen molar-refractivity contribution >= 4 is 28.7 Å². The second-order valence-electron chi connectivity index (χ2n) is 8.13. The first-order chi connectivity index (χ1) is 15.4. The molecule has 0 bridgehead atoms. The number of aromatic nitrogens is 2. The Morgan fingerprint density at radius 1 is 1.19 bits per heavy atom. The lowest BCUT2D eigenvalue weighted by atomic mass is 9.97. The van der Waals surface area contributed by atoms with Crippen molar-refractivity contribution in [2.75, 3.05) is 12.4 Å². The number of hydrogen-bond acceptors (Lipinski definition) is 7. The standard InChI is InChI=1S/C24H26N4O4/c1-13-4-5-16(22(30)26-18-7-8-18)11-19(13)15-6-9-20-17(10-15)12-25-24(27-20)28-21(14(2)29)23(31)32-3/h4-6,9-12,14,18,21,29H,7-8H2,1-3H3,(H,26,30)(H,25,27,28)/t14-,21+/m1/s1. The van der Waals surface area contributed by atoms with E-state index in [2.05, 4.69) is 20.6 Å². The van der Waals surface area contributed by atoms with Crippen LogP contribution in [0.4, 0.5) is 5.95 Å². The molecule has 32 heavy (non-hydrogen) atoms. The molecule has 0 unspecified atom stereocenters. The molecule has 2 atom stereocenters. The van der Waals surface area contributed by atoms with E-state index in [0.29, 0.717) is 17.1 Å². The van der Waals surface area contributed by atoms with E-state index in [1.807, 2.05) is 43.3 Å². The molecule has 8 heteroatoms. The Hall–Kier alpha value is -3.52. The van der Waals surface area contributed by atoms with Gasteiger partial charge in [-0.15, -0.1) is 0 Å². The minimum Gasteiger partial charge on any atom is -0.467 e. The number of aliphatic hydroxyl groups excluding tert-OH is 1. The summed E-state index contributed by atoms with van der Waals surface area (Å²) in [6.45, 7) is 3.50. The third-order valence-electron chi connectivity index (χ3n) is 5.53. The molecule has 1 heterocycles. The highest BCUT2D eigenvalue weighted by atomic mass is 16.5. The van der Waals surface area contributed by atoms with Crippen LogP contribution in [0.3, 0.4) is 0 Å². The Morgan fingerprint density at radius 3 is 2.66 bits per heavy atom. The molecule has 3 aromatic rings. The van der Waals surface area contributed by atoms with Crippen LogP contribution in [0.1, 0.15) is 35.7 Å². The van der Waals surface area contributed by atoms with Crippen molar-refractivity contribution in [2.45, 2.75) is 44.9 Å². The Morgan fingerprint density at radius 2 is 1.97 bits per heavy atom. The van der Waals surface area contributed by atoms with Crippen LogP contribution in [-0.4, -0.2) is 52.2 Å². The van der Waals surface area contributed by atoms with E-state index in [-0.39, 0.29) is 11.9 Å². The predicted molar refractivity (Wildman–Crippen MR) is 121 cm³/mol. The van der Waals surface area contributed by atoms with E-state index < -0.39 is 18.1 Å². The topological polar surface area (TPSA) is 113 Å². The van der Waals surface area contributed by atoms with Crippen molar-refractivity contribution < 1.29 is 19.4 Å². The Balaban J connectivity index is 1.61. The van der Waals surface area contributed by atoms with E-state index in [0.717, 1.165) is 34.9 Å². The van der Waals surface area contributed by atoms with E-state index in [9.17, 15) is 14.7 Å². The third-order valence-corrected chi connectivity index (χ3v) is 5.53. The molecule has 3 N–H and O–H groups in total. The van der Waals surface area contributed by atoms with Gasteiger partial charge in [-0.2, -0.15) is 0 Å². The normalized spacial score (nSPS) is 15.1. The van der Waals surface area contributed by atoms with Crippen LogP contribution in [0.15, 0.2) is 42.6 Å². The number of anilines is 1. The first kappa shape index (κ1) is 21.7. The lowest BCUT2D eigenvalue weighted by Gasteiger charge is -2.18. The number of carbonyl (C=O) groups excluding carboxylic acids is 2. The number of esters is 1. The molecule has 1 fully saturated rings. The van der Waals surface area contributed by atoms with E-state index >= 15 is 0 Å². The molecule has 1 aromatic heterocycles. The number of hydrogen-bond donors (Lipinski definition) is 3. The quantitative estimate of drug-likeness (QED) is 0.490. The minimum absolute atomic E-state index is 0.0492. The molecule has 0 spiro atoms. The van der Waals surface area contributed by atoms with E-state index in [1.54, 1.807) is 6.20 Å². The van der Waals surface area contributed by atoms with Crippen LogP contribution >= 0.6 is 0 Å². The van der Waals surface area contributed by atoms with E-state index in [1.165, 1.54) is 14.0 Å². The Kier molecular flexibility index (Phi) is 6.05. The third kappa shape index (κ3) is 4.70. The molecule has 4 rings (SSSR count). The second kappa shape index (κ2) is 8.92. The number of rotatable bonds is 7. The first-order valence-corrected chi connectivity index (χ1v) is 10.6. The van der Waals surface area contributed by atoms with Gasteiger partial charge in [0.2, 0.25) is 5.95 Å². The number of benzene rings is 2. The molecule has 166 valence electrons. The minimum atomic E-state index is -0.975. The van der Waals surface area contributed by atoms with Crippen molar-refractivity contribution in [3.8, 4) is 11.1 Å². The number of fused-ring (bicyclic) bond motifs is 1. The van der Waals surface area contributed by atoms with Gasteiger partial charge in [-0.3, -0.25) is 4.79 Å². The van der Waals surface area contributed by atoms with Gasteiger partial charge in [0.05, 0.1) is 18.7 Å². The van der Waals surface area contributed by atoms with Gasteiger partial charge >= 0.3 is 5.97 Å². The number of nitrogens with one attached hydrogen (secondary N) is 2. The van der Waals surface area contributed by atoms with Gasteiger partial charge < -0.3 is 20.5 Å². The maximum Gasteiger partial charge on any atom is 0.331 e. The van der Waals surface area contributed by atoms with Crippen LogP contribution in [0.2, 0.25) is 0 Å². The first-order valence-electron chi connectivity index (χ1n) is 10.6. The van der Waals surface area contributed by atoms with Crippen LogP contribution in [0.25, 0.3) is 22.0 Å². The summed E-state index contributed by atoms with van der Waals surface area (Å²) < 4.78 is 4.71. The molecule has 1 saturated carbocycles. The zero-order valence-electron chi connectivity index (χ0n) is 18.3. The molecule has 8 nitrogen and oxygen atoms in total. The maximum absolute atomic E-state index is 12.5. The second-order valence-corrected chi connectivity index (χ2v) is 8.13. The van der Waals surface area contributed by atoms with Gasteiger partial charge in [-0.1, -0.05) is 12.1 Å². The molecular weight excluding hydrogens is 408 g/mol. The molecule has 1 amide bonds. The van der Waals surface area contributed by atoms with Gasteiger partial charge in [0.25, 0.3) is 5.91 Å². The molecule has 0 saturated heterocycles. The van der Waals surface area contributed by atoms with Crippen LogP contribution in [-0.2, 0) is 9.53 Å². The number of carbonyl (C=O) groups is 2. The van der Waals surface area contributed by atoms with Crippen molar-refractivity contribution in [1.29, 1.82) is 0 Å². The molecule has 2 aromatic carbocycles. The van der Waals surface area contributed by atoms with Crippen LogP contribution < -0.4 is 10.6 Å². The summed E-state index contributed by atoms with van der Waals surface area (Å²) in [6, 6.07) is 10.8. The van der Waals surface area contributed by atoms with Crippen molar-refractivity contribution in [3.63, 3.8) is 0 Å². The highest BCUT2D eigenvalue weighted by Gasteiger charge is 2.26. The highest BCUT2D eigenvalue weighted by Crippen LogP contribution is 2.28. The Bertz CT molecular complexity index is 1170. The fraction of sp³-hybridized carbons (Fsp3) is 0.333. The summed E-state index contributed by atoms with van der Waals surface area (Å²) in [6.07, 6.45) is 2.77. The van der Waals surface area contributed by atoms with Crippen LogP contribution in [0, 0.1) is 6.92 Å². The summed E-state index contributed by atoms with van der Waals surface area (Å²) in [7, 11) is 1.26. The van der Waals surface area contributed by atoms with E-state index in [4.69, 9.17) is 4.74 Å². The zero-order chi connectivity index (χ0) is 22.8. The number of amides is 1. The number of nitrogens with zero attached hydrogens (tertiary/aromatic N) is 2. The monoisotopic (exact) mass is 434 g/mol. The zero-order valence-corrected chi connectivity index (χ0v) is 18.3. The number of methoxy groups -OCH3 is 1. The van der Waals surface area contributed by atoms with Crippen molar-refractivity contribution in [1.82, 2.24) is 15.3 Å². The van der Waals surface area contributed by atoms with Crippen LogP contribution in [0.5, 0.6) is 0 Å². The fourth-order valence-corrected chi connectivity index (χ4v) is 3.48. The average molecular weight is 434 g/mol. The van der Waals surface area contributed by atoms with Crippen molar-refractivity contribution in [3.05, 3.63) is 53.7 Å². The van der Waals surface area contributed by atoms with Gasteiger partial charge in [-0.05, 0) is 67.6 Å². The molecule has 1 aliphatic carbocycles. The summed E-state index contributed by atoms with van der Waals surface area (Å²) >= 11 is 0. The predicted octanol–water partition coefficient (Wildman–Crippen LogP) is 2.83. The maximum atomic E-state index is 12.5. The lowest BCUT2D eigenvalue weighted by molar-refractivity contribution is -0.143. The summed E-state index contributed by atoms with van der Waals surface area (Å²) in [5, 5.41) is 16.5. The summed E-state index contributed by atoms with van der Waals surface area (Å²) in [5.74, 6) is -0.427. The molecular formula is C24H26N4O4. The van der Waals surface area contributed by atoms with Gasteiger partial charge in [-0.25, -0.2) is 14.8 Å². The smallest absolute Gasteiger partial charge is 0.331 e. The molecule has 0 radical (unpaired) electrons. The van der Waals surface area contributed by atoms with Gasteiger partial charge in [0.15, 0.2) is 6.04 Å². The fourth-order valence-electron chi connectivity index (χ4n) is 3.48. The largest absolute Gasteiger partial charge is 0.467 e. The summed E-state index contributed by atoms with van der Waals surface area (Å²) in [4.78, 5) is 33.1. The SMILES string of the molecule is COC(=O)[C@@H](Nc1ncc2cc(-c3cc(C(=O)NC4CC4)ccc3C)ccc2n1)[C@@H](C)O. The highest BCUT2D eigenvalue weighted by molar-refractivity contribution is 5.96. The molecule has 1 aliphatic rings. The average Bonchev–Trinajstić information content (AvgIpc) is 3.60. The number of aliphatic hydroxyl groups is 1. The lowest BCUT2D eigenvalue weighted by Crippen LogP contribution is -2.40. The van der Waals surface area contributed by atoms with Crippen molar-refractivity contribution in [2.24, 2.45) is 0 Å².